The molecule has 0 aliphatic heterocycles. The molecule has 5 rings (SSSR count). The molecule has 4 aromatic rings. The first-order valence-corrected chi connectivity index (χ1v) is 15.3. The number of hydrogen-bond acceptors (Lipinski definition) is 5. The van der Waals surface area contributed by atoms with Crippen molar-refractivity contribution in [2.75, 3.05) is 13.3 Å². The van der Waals surface area contributed by atoms with Crippen molar-refractivity contribution >= 4 is 32.8 Å². The summed E-state index contributed by atoms with van der Waals surface area (Å²) in [5, 5.41) is 5.64. The summed E-state index contributed by atoms with van der Waals surface area (Å²) >= 11 is 8.21. The van der Waals surface area contributed by atoms with Gasteiger partial charge in [0, 0.05) is 23.7 Å². The maximum absolute atomic E-state index is 12.1. The molecule has 0 spiro atoms. The Morgan fingerprint density at radius 3 is 2.50 bits per heavy atom. The molecule has 2 aromatic heterocycles. The zero-order valence-corrected chi connectivity index (χ0v) is 22.9. The molecule has 188 valence electrons. The predicted molar refractivity (Wildman–Crippen MR) is 149 cm³/mol. The number of halogens is 1. The number of aromatic nitrogens is 2. The lowest BCUT2D eigenvalue weighted by Gasteiger charge is -2.30. The molecule has 1 fully saturated rings. The second-order valence-corrected chi connectivity index (χ2v) is 13.1. The second kappa shape index (κ2) is 10.5. The second-order valence-electron chi connectivity index (χ2n) is 9.55. The molecule has 0 unspecified atom stereocenters. The molecule has 0 amide bonds. The Morgan fingerprint density at radius 1 is 1.00 bits per heavy atom. The van der Waals surface area contributed by atoms with Crippen molar-refractivity contribution in [2.45, 2.75) is 49.6 Å². The SMILES string of the molecule is CN(Cc1cc(-c2ccc(-c3cccc(S(C)(=O)=O)c3)s2)n(-c2ccccc2Cl)n1)C1CCCCC1. The number of para-hydroxylation sites is 1. The smallest absolute Gasteiger partial charge is 0.175 e. The maximum Gasteiger partial charge on any atom is 0.175 e. The highest BCUT2D eigenvalue weighted by molar-refractivity contribution is 7.90. The molecule has 36 heavy (non-hydrogen) atoms. The van der Waals surface area contributed by atoms with E-state index >= 15 is 0 Å². The Hall–Kier alpha value is -2.45. The van der Waals surface area contributed by atoms with Gasteiger partial charge in [-0.2, -0.15) is 5.10 Å². The van der Waals surface area contributed by atoms with Gasteiger partial charge in [0.05, 0.1) is 31.9 Å². The van der Waals surface area contributed by atoms with Crippen molar-refractivity contribution in [2.24, 2.45) is 0 Å². The molecular formula is C28H30ClN3O2S2. The van der Waals surface area contributed by atoms with Gasteiger partial charge in [0.2, 0.25) is 0 Å². The number of nitrogens with zero attached hydrogens (tertiary/aromatic N) is 3. The summed E-state index contributed by atoms with van der Waals surface area (Å²) in [6, 6.07) is 21.7. The maximum atomic E-state index is 12.1. The molecule has 0 saturated heterocycles. The summed E-state index contributed by atoms with van der Waals surface area (Å²) in [4.78, 5) is 4.81. The van der Waals surface area contributed by atoms with Crippen LogP contribution in [0.25, 0.3) is 26.7 Å². The lowest BCUT2D eigenvalue weighted by Crippen LogP contribution is -2.33. The Bertz CT molecular complexity index is 1470. The summed E-state index contributed by atoms with van der Waals surface area (Å²) in [7, 11) is -1.08. The van der Waals surface area contributed by atoms with Gasteiger partial charge in [-0.05, 0) is 67.9 Å². The van der Waals surface area contributed by atoms with Gasteiger partial charge in [0.15, 0.2) is 9.84 Å². The number of benzene rings is 2. The fourth-order valence-electron chi connectivity index (χ4n) is 4.91. The van der Waals surface area contributed by atoms with Crippen molar-refractivity contribution in [3.63, 3.8) is 0 Å². The first-order valence-electron chi connectivity index (χ1n) is 12.2. The van der Waals surface area contributed by atoms with Gasteiger partial charge in [0.25, 0.3) is 0 Å². The standard InChI is InChI=1S/C28H30ClN3O2S2/c1-31(22-10-4-3-5-11-22)19-21-18-26(32(30-21)25-14-7-6-13-24(25)29)28-16-15-27(35-28)20-9-8-12-23(17-20)36(2,33)34/h6-9,12-18,22H,3-5,10-11,19H2,1-2H3. The number of thiophene rings is 1. The third-order valence-electron chi connectivity index (χ3n) is 6.86. The van der Waals surface area contributed by atoms with Crippen molar-refractivity contribution in [1.82, 2.24) is 14.7 Å². The summed E-state index contributed by atoms with van der Waals surface area (Å²) in [5.41, 5.74) is 3.71. The van der Waals surface area contributed by atoms with Crippen molar-refractivity contribution in [3.8, 4) is 26.7 Å². The van der Waals surface area contributed by atoms with Crippen LogP contribution in [0.3, 0.4) is 0 Å². The molecule has 1 saturated carbocycles. The van der Waals surface area contributed by atoms with Crippen LogP contribution >= 0.6 is 22.9 Å². The molecule has 1 aliphatic carbocycles. The van der Waals surface area contributed by atoms with Gasteiger partial charge < -0.3 is 0 Å². The van der Waals surface area contributed by atoms with Crippen molar-refractivity contribution in [3.05, 3.63) is 77.4 Å². The van der Waals surface area contributed by atoms with Crippen LogP contribution in [-0.4, -0.2) is 42.4 Å². The summed E-state index contributed by atoms with van der Waals surface area (Å²) in [6.45, 7) is 0.782. The summed E-state index contributed by atoms with van der Waals surface area (Å²) in [6.07, 6.45) is 7.66. The van der Waals surface area contributed by atoms with Crippen LogP contribution in [-0.2, 0) is 16.4 Å². The number of rotatable bonds is 7. The minimum atomic E-state index is -3.27. The van der Waals surface area contributed by atoms with E-state index in [1.807, 2.05) is 41.1 Å². The molecule has 2 heterocycles. The van der Waals surface area contributed by atoms with Gasteiger partial charge in [-0.1, -0.05) is 55.1 Å². The molecule has 8 heteroatoms. The molecule has 5 nitrogen and oxygen atoms in total. The van der Waals surface area contributed by atoms with Gasteiger partial charge in [0.1, 0.15) is 0 Å². The van der Waals surface area contributed by atoms with Crippen LogP contribution in [0.4, 0.5) is 0 Å². The minimum Gasteiger partial charge on any atom is -0.298 e. The molecule has 0 bridgehead atoms. The monoisotopic (exact) mass is 539 g/mol. The summed E-state index contributed by atoms with van der Waals surface area (Å²) in [5.74, 6) is 0. The normalized spacial score (nSPS) is 15.0. The van der Waals surface area contributed by atoms with Crippen LogP contribution < -0.4 is 0 Å². The lowest BCUT2D eigenvalue weighted by atomic mass is 9.94. The topological polar surface area (TPSA) is 55.2 Å². The number of hydrogen-bond donors (Lipinski definition) is 0. The van der Waals surface area contributed by atoms with Crippen molar-refractivity contribution in [1.29, 1.82) is 0 Å². The molecule has 0 N–H and O–H groups in total. The van der Waals surface area contributed by atoms with Gasteiger partial charge in [-0.25, -0.2) is 13.1 Å². The van der Waals surface area contributed by atoms with Crippen LogP contribution in [0, 0.1) is 0 Å². The van der Waals surface area contributed by atoms with E-state index < -0.39 is 9.84 Å². The van der Waals surface area contributed by atoms with Crippen LogP contribution in [0.15, 0.2) is 71.6 Å². The Morgan fingerprint density at radius 2 is 1.75 bits per heavy atom. The Labute approximate surface area is 222 Å². The van der Waals surface area contributed by atoms with Gasteiger partial charge >= 0.3 is 0 Å². The van der Waals surface area contributed by atoms with E-state index in [1.54, 1.807) is 29.5 Å². The van der Waals surface area contributed by atoms with Crippen LogP contribution in [0.5, 0.6) is 0 Å². The zero-order valence-electron chi connectivity index (χ0n) is 20.5. The largest absolute Gasteiger partial charge is 0.298 e. The van der Waals surface area contributed by atoms with E-state index in [9.17, 15) is 8.42 Å². The van der Waals surface area contributed by atoms with E-state index in [1.165, 1.54) is 38.4 Å². The number of sulfone groups is 1. The highest BCUT2D eigenvalue weighted by Crippen LogP contribution is 2.37. The molecule has 2 aromatic carbocycles. The fraction of sp³-hybridized carbons (Fsp3) is 0.321. The molecular weight excluding hydrogens is 510 g/mol. The third kappa shape index (κ3) is 5.44. The molecule has 1 aliphatic rings. The Balaban J connectivity index is 1.52. The minimum absolute atomic E-state index is 0.323. The summed E-state index contributed by atoms with van der Waals surface area (Å²) < 4.78 is 26.1. The van der Waals surface area contributed by atoms with Crippen LogP contribution in [0.2, 0.25) is 5.02 Å². The average Bonchev–Trinajstić information content (AvgIpc) is 3.52. The van der Waals surface area contributed by atoms with Crippen LogP contribution in [0.1, 0.15) is 37.8 Å². The third-order valence-corrected chi connectivity index (χ3v) is 9.44. The highest BCUT2D eigenvalue weighted by atomic mass is 35.5. The van der Waals surface area contributed by atoms with E-state index in [0.29, 0.717) is 16.0 Å². The van der Waals surface area contributed by atoms with E-state index in [0.717, 1.165) is 38.9 Å². The van der Waals surface area contributed by atoms with Crippen molar-refractivity contribution < 1.29 is 8.42 Å². The fourth-order valence-corrected chi connectivity index (χ4v) is 6.79. The highest BCUT2D eigenvalue weighted by Gasteiger charge is 2.21. The first kappa shape index (κ1) is 25.2. The first-order chi connectivity index (χ1) is 17.3. The van der Waals surface area contributed by atoms with E-state index in [-0.39, 0.29) is 0 Å². The quantitative estimate of drug-likeness (QED) is 0.251. The average molecular weight is 540 g/mol. The lowest BCUT2D eigenvalue weighted by molar-refractivity contribution is 0.182. The molecule has 0 atom stereocenters. The van der Waals surface area contributed by atoms with Gasteiger partial charge in [-0.3, -0.25) is 4.90 Å². The Kier molecular flexibility index (Phi) is 7.35. The molecule has 0 radical (unpaired) electrons. The predicted octanol–water partition coefficient (Wildman–Crippen LogP) is 7.09. The zero-order chi connectivity index (χ0) is 25.3. The van der Waals surface area contributed by atoms with E-state index in [4.69, 9.17) is 16.7 Å². The van der Waals surface area contributed by atoms with Gasteiger partial charge in [-0.15, -0.1) is 11.3 Å². The van der Waals surface area contributed by atoms with E-state index in [2.05, 4.69) is 24.1 Å².